The highest BCUT2D eigenvalue weighted by Crippen LogP contribution is 2.33. The number of rotatable bonds is 10. The molecule has 4 rings (SSSR count). The maximum atomic E-state index is 13.5. The molecule has 1 amide bonds. The van der Waals surface area contributed by atoms with Crippen LogP contribution in [0.3, 0.4) is 0 Å². The van der Waals surface area contributed by atoms with Crippen LogP contribution in [0.1, 0.15) is 15.9 Å². The van der Waals surface area contributed by atoms with E-state index in [-0.39, 0.29) is 17.3 Å². The van der Waals surface area contributed by atoms with E-state index in [1.807, 2.05) is 17.0 Å². The quantitative estimate of drug-likeness (QED) is 0.351. The van der Waals surface area contributed by atoms with Gasteiger partial charge in [-0.15, -0.1) is 0 Å². The molecular formula is C29H34ClN3O6S. The third-order valence-corrected chi connectivity index (χ3v) is 9.13. The second kappa shape index (κ2) is 12.8. The molecule has 3 aromatic carbocycles. The Morgan fingerprint density at radius 3 is 2.10 bits per heavy atom. The molecule has 0 radical (unpaired) electrons. The normalized spacial score (nSPS) is 13.8. The van der Waals surface area contributed by atoms with Gasteiger partial charge in [0, 0.05) is 50.4 Å². The molecule has 40 heavy (non-hydrogen) atoms. The Bertz CT molecular complexity index is 1440. The van der Waals surface area contributed by atoms with Gasteiger partial charge in [-0.3, -0.25) is 4.79 Å². The first-order valence-corrected chi connectivity index (χ1v) is 14.6. The number of piperazine rings is 1. The highest BCUT2D eigenvalue weighted by molar-refractivity contribution is 7.89. The highest BCUT2D eigenvalue weighted by atomic mass is 35.5. The minimum atomic E-state index is -3.77. The van der Waals surface area contributed by atoms with Crippen LogP contribution >= 0.6 is 11.6 Å². The number of hydrogen-bond donors (Lipinski definition) is 0. The van der Waals surface area contributed by atoms with Gasteiger partial charge in [0.1, 0.15) is 5.75 Å². The van der Waals surface area contributed by atoms with Gasteiger partial charge < -0.3 is 24.0 Å². The maximum Gasteiger partial charge on any atom is 0.253 e. The van der Waals surface area contributed by atoms with Crippen molar-refractivity contribution < 1.29 is 27.4 Å². The van der Waals surface area contributed by atoms with Gasteiger partial charge in [0.25, 0.3) is 5.91 Å². The van der Waals surface area contributed by atoms with E-state index in [2.05, 4.69) is 0 Å². The first kappa shape index (κ1) is 29.5. The van der Waals surface area contributed by atoms with Crippen molar-refractivity contribution in [2.75, 3.05) is 66.0 Å². The summed E-state index contributed by atoms with van der Waals surface area (Å²) in [5.41, 5.74) is 2.19. The standard InChI is InChI=1S/C29H34ClN3O6S/c1-31(14-13-21-5-11-27(38-3)28(19-21)39-4)40(35,36)24-10-12-26(37-2)25(20-24)32-15-17-33(18-16-32)29(34)22-6-8-23(30)9-7-22/h5-12,19-20H,13-18H2,1-4H3. The number of amides is 1. The van der Waals surface area contributed by atoms with E-state index < -0.39 is 10.0 Å². The number of methoxy groups -OCH3 is 3. The summed E-state index contributed by atoms with van der Waals surface area (Å²) in [5, 5.41) is 0.579. The van der Waals surface area contributed by atoms with Crippen LogP contribution in [-0.2, 0) is 16.4 Å². The largest absolute Gasteiger partial charge is 0.495 e. The van der Waals surface area contributed by atoms with Crippen LogP contribution in [0.5, 0.6) is 17.2 Å². The first-order chi connectivity index (χ1) is 19.2. The van der Waals surface area contributed by atoms with E-state index in [9.17, 15) is 13.2 Å². The van der Waals surface area contributed by atoms with E-state index in [0.29, 0.717) is 66.1 Å². The van der Waals surface area contributed by atoms with E-state index in [1.165, 1.54) is 4.31 Å². The number of anilines is 1. The lowest BCUT2D eigenvalue weighted by atomic mass is 10.1. The van der Waals surface area contributed by atoms with Gasteiger partial charge in [0.05, 0.1) is 31.9 Å². The van der Waals surface area contributed by atoms with Crippen LogP contribution in [0.15, 0.2) is 65.6 Å². The smallest absolute Gasteiger partial charge is 0.253 e. The number of benzene rings is 3. The lowest BCUT2D eigenvalue weighted by Gasteiger charge is -2.37. The minimum Gasteiger partial charge on any atom is -0.495 e. The Kier molecular flexibility index (Phi) is 9.44. The van der Waals surface area contributed by atoms with Crippen molar-refractivity contribution in [1.29, 1.82) is 0 Å². The van der Waals surface area contributed by atoms with Crippen molar-refractivity contribution in [2.24, 2.45) is 0 Å². The van der Waals surface area contributed by atoms with E-state index >= 15 is 0 Å². The van der Waals surface area contributed by atoms with Crippen LogP contribution < -0.4 is 19.1 Å². The second-order valence-electron chi connectivity index (χ2n) is 9.39. The minimum absolute atomic E-state index is 0.0595. The molecule has 0 atom stereocenters. The molecule has 0 saturated carbocycles. The zero-order valence-corrected chi connectivity index (χ0v) is 24.7. The number of halogens is 1. The molecular weight excluding hydrogens is 554 g/mol. The number of hydrogen-bond acceptors (Lipinski definition) is 7. The molecule has 3 aromatic rings. The van der Waals surface area contributed by atoms with Crippen molar-refractivity contribution in [3.8, 4) is 17.2 Å². The summed E-state index contributed by atoms with van der Waals surface area (Å²) in [4.78, 5) is 16.9. The molecule has 0 N–H and O–H groups in total. The summed E-state index contributed by atoms with van der Waals surface area (Å²) in [7, 11) is 2.50. The molecule has 0 spiro atoms. The molecule has 1 aliphatic heterocycles. The van der Waals surface area contributed by atoms with Gasteiger partial charge in [0.15, 0.2) is 11.5 Å². The Morgan fingerprint density at radius 2 is 1.48 bits per heavy atom. The third kappa shape index (κ3) is 6.46. The molecule has 0 aliphatic carbocycles. The number of carbonyl (C=O) groups is 1. The molecule has 0 aromatic heterocycles. The number of ether oxygens (including phenoxy) is 3. The summed E-state index contributed by atoms with van der Waals surface area (Å²) in [6.07, 6.45) is 0.503. The van der Waals surface area contributed by atoms with Crippen molar-refractivity contribution in [2.45, 2.75) is 11.3 Å². The van der Waals surface area contributed by atoms with Gasteiger partial charge in [-0.1, -0.05) is 17.7 Å². The fourth-order valence-corrected chi connectivity index (χ4v) is 5.94. The fourth-order valence-electron chi connectivity index (χ4n) is 4.63. The zero-order chi connectivity index (χ0) is 28.9. The molecule has 1 aliphatic rings. The zero-order valence-electron chi connectivity index (χ0n) is 23.1. The summed E-state index contributed by atoms with van der Waals surface area (Å²) in [6.45, 7) is 2.34. The Morgan fingerprint density at radius 1 is 0.850 bits per heavy atom. The van der Waals surface area contributed by atoms with E-state index in [4.69, 9.17) is 25.8 Å². The van der Waals surface area contributed by atoms with Crippen LogP contribution in [-0.4, -0.2) is 84.6 Å². The molecule has 9 nitrogen and oxygen atoms in total. The molecule has 1 heterocycles. The van der Waals surface area contributed by atoms with Gasteiger partial charge in [-0.25, -0.2) is 12.7 Å². The monoisotopic (exact) mass is 587 g/mol. The average molecular weight is 588 g/mol. The predicted octanol–water partition coefficient (Wildman–Crippen LogP) is 4.19. The van der Waals surface area contributed by atoms with Gasteiger partial charge in [-0.05, 0) is 66.6 Å². The molecule has 1 fully saturated rings. The van der Waals surface area contributed by atoms with Crippen molar-refractivity contribution in [3.05, 3.63) is 76.8 Å². The molecule has 0 bridgehead atoms. The summed E-state index contributed by atoms with van der Waals surface area (Å²) >= 11 is 5.95. The fraction of sp³-hybridized carbons (Fsp3) is 0.345. The van der Waals surface area contributed by atoms with Crippen molar-refractivity contribution >= 4 is 33.2 Å². The maximum absolute atomic E-state index is 13.5. The average Bonchev–Trinajstić information content (AvgIpc) is 2.99. The third-order valence-electron chi connectivity index (χ3n) is 7.02. The molecule has 11 heteroatoms. The van der Waals surface area contributed by atoms with Crippen molar-refractivity contribution in [1.82, 2.24) is 9.21 Å². The SMILES string of the molecule is COc1ccc(CCN(C)S(=O)(=O)c2ccc(OC)c(N3CCN(C(=O)c4ccc(Cl)cc4)CC3)c2)cc1OC. The Labute approximate surface area is 240 Å². The van der Waals surface area contributed by atoms with Crippen LogP contribution in [0, 0.1) is 0 Å². The first-order valence-electron chi connectivity index (χ1n) is 12.8. The predicted molar refractivity (Wildman–Crippen MR) is 156 cm³/mol. The second-order valence-corrected chi connectivity index (χ2v) is 11.9. The van der Waals surface area contributed by atoms with Crippen LogP contribution in [0.2, 0.25) is 5.02 Å². The molecule has 1 saturated heterocycles. The summed E-state index contributed by atoms with van der Waals surface area (Å²) in [6, 6.07) is 17.3. The van der Waals surface area contributed by atoms with Gasteiger partial charge in [0.2, 0.25) is 10.0 Å². The summed E-state index contributed by atoms with van der Waals surface area (Å²) < 4.78 is 44.5. The molecule has 0 unspecified atom stereocenters. The van der Waals surface area contributed by atoms with E-state index in [1.54, 1.807) is 81.8 Å². The van der Waals surface area contributed by atoms with Gasteiger partial charge >= 0.3 is 0 Å². The van der Waals surface area contributed by atoms with Crippen molar-refractivity contribution in [3.63, 3.8) is 0 Å². The van der Waals surface area contributed by atoms with Crippen LogP contribution in [0.25, 0.3) is 0 Å². The number of likely N-dealkylation sites (N-methyl/N-ethyl adjacent to an activating group) is 1. The summed E-state index contributed by atoms with van der Waals surface area (Å²) in [5.74, 6) is 1.73. The Balaban J connectivity index is 1.45. The number of carbonyl (C=O) groups excluding carboxylic acids is 1. The molecule has 214 valence electrons. The number of nitrogens with zero attached hydrogens (tertiary/aromatic N) is 3. The van der Waals surface area contributed by atoms with E-state index in [0.717, 1.165) is 5.56 Å². The van der Waals surface area contributed by atoms with Gasteiger partial charge in [-0.2, -0.15) is 0 Å². The van der Waals surface area contributed by atoms with Crippen LogP contribution in [0.4, 0.5) is 5.69 Å². The Hall–Kier alpha value is -3.47. The topological polar surface area (TPSA) is 88.6 Å². The lowest BCUT2D eigenvalue weighted by molar-refractivity contribution is 0.0746. The highest BCUT2D eigenvalue weighted by Gasteiger charge is 2.27. The number of sulfonamides is 1. The lowest BCUT2D eigenvalue weighted by Crippen LogP contribution is -2.49.